The van der Waals surface area contributed by atoms with Gasteiger partial charge in [0.05, 0.1) is 16.4 Å². The quantitative estimate of drug-likeness (QED) is 0.587. The zero-order chi connectivity index (χ0) is 20.6. The van der Waals surface area contributed by atoms with E-state index in [-0.39, 0.29) is 17.7 Å². The topological polar surface area (TPSA) is 59.2 Å². The van der Waals surface area contributed by atoms with Crippen molar-refractivity contribution in [1.82, 2.24) is 15.1 Å². The van der Waals surface area contributed by atoms with Crippen molar-refractivity contribution in [2.24, 2.45) is 0 Å². The molecular formula is C20H18F3N3O2S. The second-order valence-electron chi connectivity index (χ2n) is 7.10. The zero-order valence-corrected chi connectivity index (χ0v) is 16.4. The Kier molecular flexibility index (Phi) is 5.16. The highest BCUT2D eigenvalue weighted by atomic mass is 32.1. The summed E-state index contributed by atoms with van der Waals surface area (Å²) < 4.78 is 43.9. The van der Waals surface area contributed by atoms with E-state index in [1.807, 2.05) is 18.4 Å². The maximum absolute atomic E-state index is 12.7. The lowest BCUT2D eigenvalue weighted by Gasteiger charge is -2.30. The second-order valence-corrected chi connectivity index (χ2v) is 8.01. The van der Waals surface area contributed by atoms with Crippen molar-refractivity contribution in [2.45, 2.75) is 31.9 Å². The Bertz CT molecular complexity index is 1010. The summed E-state index contributed by atoms with van der Waals surface area (Å²) in [5.41, 5.74) is 0.755. The Morgan fingerprint density at radius 1 is 1.24 bits per heavy atom. The molecule has 0 aliphatic carbocycles. The fourth-order valence-electron chi connectivity index (χ4n) is 3.38. The number of alkyl halides is 3. The monoisotopic (exact) mass is 421 g/mol. The molecule has 0 spiro atoms. The second kappa shape index (κ2) is 7.62. The number of carbonyl (C=O) groups is 1. The lowest BCUT2D eigenvalue weighted by molar-refractivity contribution is -0.137. The van der Waals surface area contributed by atoms with Crippen molar-refractivity contribution < 1.29 is 22.4 Å². The molecule has 2 aromatic heterocycles. The van der Waals surface area contributed by atoms with Crippen LogP contribution < -0.4 is 0 Å². The van der Waals surface area contributed by atoms with Crippen LogP contribution in [0.25, 0.3) is 11.5 Å². The smallest absolute Gasteiger partial charge is 0.416 e. The lowest BCUT2D eigenvalue weighted by Crippen LogP contribution is -2.38. The van der Waals surface area contributed by atoms with E-state index in [1.165, 1.54) is 23.5 Å². The third-order valence-electron chi connectivity index (χ3n) is 4.90. The maximum atomic E-state index is 12.7. The number of piperidine rings is 1. The first kappa shape index (κ1) is 19.6. The Balaban J connectivity index is 1.48. The number of carbonyl (C=O) groups excluding carboxylic acids is 1. The number of benzene rings is 1. The average molecular weight is 421 g/mol. The summed E-state index contributed by atoms with van der Waals surface area (Å²) in [5.74, 6) is 0.477. The third kappa shape index (κ3) is 4.19. The molecule has 9 heteroatoms. The average Bonchev–Trinajstić information content (AvgIpc) is 3.36. The molecule has 1 amide bonds. The van der Waals surface area contributed by atoms with Gasteiger partial charge in [0.2, 0.25) is 11.8 Å². The van der Waals surface area contributed by atoms with Crippen LogP contribution in [-0.2, 0) is 6.18 Å². The van der Waals surface area contributed by atoms with Gasteiger partial charge in [-0.25, -0.2) is 0 Å². The molecule has 0 radical (unpaired) electrons. The summed E-state index contributed by atoms with van der Waals surface area (Å²) >= 11 is 1.43. The maximum Gasteiger partial charge on any atom is 0.416 e. The van der Waals surface area contributed by atoms with Crippen LogP contribution in [0.5, 0.6) is 0 Å². The van der Waals surface area contributed by atoms with Gasteiger partial charge in [-0.15, -0.1) is 21.5 Å². The number of halogens is 3. The molecule has 4 rings (SSSR count). The molecule has 1 aliphatic rings. The molecule has 3 heterocycles. The van der Waals surface area contributed by atoms with E-state index in [1.54, 1.807) is 4.90 Å². The normalized spacial score (nSPS) is 17.5. The number of hydrogen-bond donors (Lipinski definition) is 0. The van der Waals surface area contributed by atoms with E-state index in [9.17, 15) is 18.0 Å². The van der Waals surface area contributed by atoms with Gasteiger partial charge >= 0.3 is 6.18 Å². The number of amides is 1. The van der Waals surface area contributed by atoms with Gasteiger partial charge in [-0.3, -0.25) is 4.79 Å². The van der Waals surface area contributed by atoms with Crippen molar-refractivity contribution in [3.63, 3.8) is 0 Å². The van der Waals surface area contributed by atoms with E-state index in [4.69, 9.17) is 4.42 Å². The molecule has 1 aliphatic heterocycles. The van der Waals surface area contributed by atoms with Gasteiger partial charge in [0, 0.05) is 18.7 Å². The fraction of sp³-hybridized carbons (Fsp3) is 0.350. The molecule has 1 aromatic carbocycles. The molecule has 0 bridgehead atoms. The summed E-state index contributed by atoms with van der Waals surface area (Å²) in [6.45, 7) is 3.10. The minimum atomic E-state index is -4.39. The van der Waals surface area contributed by atoms with Gasteiger partial charge in [0.1, 0.15) is 0 Å². The number of aromatic nitrogens is 2. The van der Waals surface area contributed by atoms with Crippen molar-refractivity contribution in [3.8, 4) is 11.5 Å². The first-order valence-electron chi connectivity index (χ1n) is 9.16. The molecule has 29 heavy (non-hydrogen) atoms. The Morgan fingerprint density at radius 2 is 2.00 bits per heavy atom. The van der Waals surface area contributed by atoms with Crippen LogP contribution in [0.1, 0.15) is 45.4 Å². The predicted molar refractivity (Wildman–Crippen MR) is 102 cm³/mol. The van der Waals surface area contributed by atoms with Gasteiger partial charge in [-0.2, -0.15) is 13.2 Å². The van der Waals surface area contributed by atoms with E-state index in [0.29, 0.717) is 29.4 Å². The molecule has 1 unspecified atom stereocenters. The van der Waals surface area contributed by atoms with Crippen molar-refractivity contribution >= 4 is 17.2 Å². The van der Waals surface area contributed by atoms with Crippen LogP contribution in [0.3, 0.4) is 0 Å². The first-order valence-corrected chi connectivity index (χ1v) is 10.0. The van der Waals surface area contributed by atoms with Crippen molar-refractivity contribution in [3.05, 3.63) is 57.6 Å². The highest BCUT2D eigenvalue weighted by Crippen LogP contribution is 2.32. The lowest BCUT2D eigenvalue weighted by atomic mass is 9.98. The number of rotatable bonds is 3. The predicted octanol–water partition coefficient (Wildman–Crippen LogP) is 5.15. The van der Waals surface area contributed by atoms with Gasteiger partial charge in [-0.1, -0.05) is 0 Å². The number of hydrogen-bond acceptors (Lipinski definition) is 5. The van der Waals surface area contributed by atoms with E-state index in [2.05, 4.69) is 10.2 Å². The zero-order valence-electron chi connectivity index (χ0n) is 15.6. The summed E-state index contributed by atoms with van der Waals surface area (Å²) in [6.07, 6.45) is -2.77. The molecule has 1 atom stereocenters. The fourth-order valence-corrected chi connectivity index (χ4v) is 4.25. The largest absolute Gasteiger partial charge is 0.420 e. The summed E-state index contributed by atoms with van der Waals surface area (Å²) in [5, 5.41) is 10.0. The van der Waals surface area contributed by atoms with Gasteiger partial charge in [-0.05, 0) is 61.0 Å². The highest BCUT2D eigenvalue weighted by Gasteiger charge is 2.31. The SMILES string of the molecule is Cc1csc(C(=O)N2CCCC(c3nnc(-c4ccc(C(F)(F)F)cc4)o3)C2)c1. The molecule has 1 saturated heterocycles. The minimum absolute atomic E-state index is 0.00437. The van der Waals surface area contributed by atoms with Gasteiger partial charge in [0.15, 0.2) is 0 Å². The van der Waals surface area contributed by atoms with Crippen LogP contribution in [0.15, 0.2) is 40.1 Å². The van der Waals surface area contributed by atoms with E-state index in [0.717, 1.165) is 30.5 Å². The molecule has 0 saturated carbocycles. The van der Waals surface area contributed by atoms with Crippen LogP contribution in [0, 0.1) is 6.92 Å². The number of nitrogens with zero attached hydrogens (tertiary/aromatic N) is 3. The molecule has 3 aromatic rings. The highest BCUT2D eigenvalue weighted by molar-refractivity contribution is 7.12. The molecule has 152 valence electrons. The van der Waals surface area contributed by atoms with Gasteiger partial charge in [0.25, 0.3) is 5.91 Å². The Labute approximate surface area is 169 Å². The Hall–Kier alpha value is -2.68. The van der Waals surface area contributed by atoms with Gasteiger partial charge < -0.3 is 9.32 Å². The molecule has 0 N–H and O–H groups in total. The van der Waals surface area contributed by atoms with Crippen molar-refractivity contribution in [1.29, 1.82) is 0 Å². The number of aryl methyl sites for hydroxylation is 1. The van der Waals surface area contributed by atoms with Crippen LogP contribution in [0.4, 0.5) is 13.2 Å². The molecule has 5 nitrogen and oxygen atoms in total. The van der Waals surface area contributed by atoms with E-state index >= 15 is 0 Å². The van der Waals surface area contributed by atoms with Crippen LogP contribution in [-0.4, -0.2) is 34.1 Å². The van der Waals surface area contributed by atoms with E-state index < -0.39 is 11.7 Å². The first-order chi connectivity index (χ1) is 13.8. The molecular weight excluding hydrogens is 403 g/mol. The summed E-state index contributed by atoms with van der Waals surface area (Å²) in [7, 11) is 0. The number of thiophene rings is 1. The Morgan fingerprint density at radius 3 is 2.66 bits per heavy atom. The minimum Gasteiger partial charge on any atom is -0.420 e. The standard InChI is InChI=1S/C20H18F3N3O2S/c1-12-9-16(29-11-12)19(27)26-8-2-3-14(10-26)18-25-24-17(28-18)13-4-6-15(7-5-13)20(21,22)23/h4-7,9,11,14H,2-3,8,10H2,1H3. The summed E-state index contributed by atoms with van der Waals surface area (Å²) in [6, 6.07) is 6.49. The molecule has 1 fully saturated rings. The van der Waals surface area contributed by atoms with Crippen molar-refractivity contribution in [2.75, 3.05) is 13.1 Å². The van der Waals surface area contributed by atoms with Crippen LogP contribution in [0.2, 0.25) is 0 Å². The third-order valence-corrected chi connectivity index (χ3v) is 5.94. The van der Waals surface area contributed by atoms with Crippen LogP contribution >= 0.6 is 11.3 Å². The number of likely N-dealkylation sites (tertiary alicyclic amines) is 1. The summed E-state index contributed by atoms with van der Waals surface area (Å²) in [4.78, 5) is 15.2.